The first-order valence-corrected chi connectivity index (χ1v) is 10.3. The van der Waals surface area contributed by atoms with Crippen molar-refractivity contribution in [3.8, 4) is 0 Å². The van der Waals surface area contributed by atoms with Crippen molar-refractivity contribution in [1.82, 2.24) is 9.80 Å². The fraction of sp³-hybridized carbons (Fsp3) is 0.636. The van der Waals surface area contributed by atoms with E-state index in [0.717, 1.165) is 58.2 Å². The Labute approximate surface area is 157 Å². The first kappa shape index (κ1) is 18.9. The Hall–Kier alpha value is -1.84. The summed E-state index contributed by atoms with van der Waals surface area (Å²) in [5, 5.41) is 0. The summed E-state index contributed by atoms with van der Waals surface area (Å²) in [4.78, 5) is 29.5. The van der Waals surface area contributed by atoms with E-state index >= 15 is 0 Å². The van der Waals surface area contributed by atoms with Crippen molar-refractivity contribution >= 4 is 11.8 Å². The molecule has 1 aromatic rings. The predicted molar refractivity (Wildman–Crippen MR) is 104 cm³/mol. The summed E-state index contributed by atoms with van der Waals surface area (Å²) in [5.74, 6) is 0.678. The maximum absolute atomic E-state index is 12.9. The number of piperidine rings is 2. The lowest BCUT2D eigenvalue weighted by Crippen LogP contribution is -2.49. The number of aryl methyl sites for hydroxylation is 1. The molecule has 3 rings (SSSR count). The Balaban J connectivity index is 1.46. The molecule has 26 heavy (non-hydrogen) atoms. The van der Waals surface area contributed by atoms with Crippen LogP contribution in [0.1, 0.15) is 57.4 Å². The number of benzene rings is 1. The molecule has 142 valence electrons. The van der Waals surface area contributed by atoms with E-state index in [4.69, 9.17) is 0 Å². The van der Waals surface area contributed by atoms with Gasteiger partial charge in [0.25, 0.3) is 0 Å². The summed E-state index contributed by atoms with van der Waals surface area (Å²) < 4.78 is 0. The lowest BCUT2D eigenvalue weighted by Gasteiger charge is -2.39. The molecule has 0 N–H and O–H groups in total. The van der Waals surface area contributed by atoms with Crippen molar-refractivity contribution in [2.45, 2.75) is 64.3 Å². The van der Waals surface area contributed by atoms with E-state index < -0.39 is 0 Å². The Morgan fingerprint density at radius 2 is 1.73 bits per heavy atom. The zero-order valence-corrected chi connectivity index (χ0v) is 16.0. The van der Waals surface area contributed by atoms with Crippen molar-refractivity contribution in [1.29, 1.82) is 0 Å². The first-order chi connectivity index (χ1) is 12.7. The standard InChI is InChI=1S/C22H32N2O2/c1-2-20-10-6-7-15-24(20)22(26)19-13-16-23(17-14-19)21(25)12-11-18-8-4-3-5-9-18/h3-5,8-9,19-20H,2,6-7,10-17H2,1H3. The van der Waals surface area contributed by atoms with Gasteiger partial charge in [-0.05, 0) is 50.5 Å². The summed E-state index contributed by atoms with van der Waals surface area (Å²) in [6.45, 7) is 4.57. The van der Waals surface area contributed by atoms with Crippen LogP contribution in [0.2, 0.25) is 0 Å². The summed E-state index contributed by atoms with van der Waals surface area (Å²) in [6.07, 6.45) is 7.60. The maximum Gasteiger partial charge on any atom is 0.226 e. The quantitative estimate of drug-likeness (QED) is 0.808. The molecule has 2 amide bonds. The van der Waals surface area contributed by atoms with Crippen LogP contribution in [0.5, 0.6) is 0 Å². The van der Waals surface area contributed by atoms with Crippen molar-refractivity contribution in [2.24, 2.45) is 5.92 Å². The lowest BCUT2D eigenvalue weighted by molar-refractivity contribution is -0.143. The summed E-state index contributed by atoms with van der Waals surface area (Å²) >= 11 is 0. The van der Waals surface area contributed by atoms with E-state index in [1.807, 2.05) is 23.1 Å². The zero-order valence-electron chi connectivity index (χ0n) is 16.0. The topological polar surface area (TPSA) is 40.6 Å². The number of rotatable bonds is 5. The number of hydrogen-bond acceptors (Lipinski definition) is 2. The minimum atomic E-state index is 0.111. The molecule has 0 radical (unpaired) electrons. The van der Waals surface area contributed by atoms with Crippen molar-refractivity contribution < 1.29 is 9.59 Å². The smallest absolute Gasteiger partial charge is 0.226 e. The molecule has 0 bridgehead atoms. The Morgan fingerprint density at radius 3 is 2.42 bits per heavy atom. The molecule has 0 aromatic heterocycles. The van der Waals surface area contributed by atoms with Gasteiger partial charge in [0.1, 0.15) is 0 Å². The average molecular weight is 357 g/mol. The monoisotopic (exact) mass is 356 g/mol. The van der Waals surface area contributed by atoms with Crippen LogP contribution in [0.3, 0.4) is 0 Å². The molecule has 2 aliphatic heterocycles. The fourth-order valence-corrected chi connectivity index (χ4v) is 4.38. The molecule has 2 fully saturated rings. The van der Waals surface area contributed by atoms with Crippen LogP contribution in [0.4, 0.5) is 0 Å². The molecule has 4 heteroatoms. The van der Waals surface area contributed by atoms with Gasteiger partial charge in [0, 0.05) is 38.0 Å². The highest BCUT2D eigenvalue weighted by Gasteiger charge is 2.33. The van der Waals surface area contributed by atoms with Gasteiger partial charge >= 0.3 is 0 Å². The molecular weight excluding hydrogens is 324 g/mol. The highest BCUT2D eigenvalue weighted by molar-refractivity contribution is 5.80. The van der Waals surface area contributed by atoms with Gasteiger partial charge in [-0.25, -0.2) is 0 Å². The molecule has 1 unspecified atom stereocenters. The fourth-order valence-electron chi connectivity index (χ4n) is 4.38. The predicted octanol–water partition coefficient (Wildman–Crippen LogP) is 3.65. The van der Waals surface area contributed by atoms with E-state index in [1.54, 1.807) is 0 Å². The van der Waals surface area contributed by atoms with Crippen LogP contribution >= 0.6 is 0 Å². The normalized spacial score (nSPS) is 21.7. The van der Waals surface area contributed by atoms with Crippen molar-refractivity contribution in [3.05, 3.63) is 35.9 Å². The third kappa shape index (κ3) is 4.66. The lowest BCUT2D eigenvalue weighted by atomic mass is 9.91. The van der Waals surface area contributed by atoms with Crippen LogP contribution in [0.25, 0.3) is 0 Å². The largest absolute Gasteiger partial charge is 0.343 e. The van der Waals surface area contributed by atoms with E-state index in [0.29, 0.717) is 18.4 Å². The first-order valence-electron chi connectivity index (χ1n) is 10.3. The molecule has 2 aliphatic rings. The Kier molecular flexibility index (Phi) is 6.70. The summed E-state index contributed by atoms with van der Waals surface area (Å²) in [5.41, 5.74) is 1.21. The van der Waals surface area contributed by atoms with Gasteiger partial charge in [-0.3, -0.25) is 9.59 Å². The third-order valence-electron chi connectivity index (χ3n) is 6.05. The Bertz CT molecular complexity index is 593. The van der Waals surface area contributed by atoms with Crippen LogP contribution in [-0.2, 0) is 16.0 Å². The molecular formula is C22H32N2O2. The second-order valence-corrected chi connectivity index (χ2v) is 7.73. The molecule has 0 spiro atoms. The zero-order chi connectivity index (χ0) is 18.4. The van der Waals surface area contributed by atoms with Crippen LogP contribution in [0.15, 0.2) is 30.3 Å². The molecule has 1 aromatic carbocycles. The SMILES string of the molecule is CCC1CCCCN1C(=O)C1CCN(C(=O)CCc2ccccc2)CC1. The number of likely N-dealkylation sites (tertiary alicyclic amines) is 2. The number of carbonyl (C=O) groups is 2. The van der Waals surface area contributed by atoms with Crippen LogP contribution in [-0.4, -0.2) is 47.3 Å². The summed E-state index contributed by atoms with van der Waals surface area (Å²) in [7, 11) is 0. The van der Waals surface area contributed by atoms with Gasteiger partial charge in [0.2, 0.25) is 11.8 Å². The van der Waals surface area contributed by atoms with E-state index in [2.05, 4.69) is 24.0 Å². The highest BCUT2D eigenvalue weighted by atomic mass is 16.2. The van der Waals surface area contributed by atoms with Gasteiger partial charge in [-0.2, -0.15) is 0 Å². The average Bonchev–Trinajstić information content (AvgIpc) is 2.72. The Morgan fingerprint density at radius 1 is 1.00 bits per heavy atom. The molecule has 1 atom stereocenters. The number of nitrogens with zero attached hydrogens (tertiary/aromatic N) is 2. The van der Waals surface area contributed by atoms with Gasteiger partial charge in [-0.15, -0.1) is 0 Å². The van der Waals surface area contributed by atoms with E-state index in [-0.39, 0.29) is 11.8 Å². The molecule has 2 heterocycles. The van der Waals surface area contributed by atoms with E-state index in [1.165, 1.54) is 12.0 Å². The number of carbonyl (C=O) groups excluding carboxylic acids is 2. The third-order valence-corrected chi connectivity index (χ3v) is 6.05. The number of amides is 2. The van der Waals surface area contributed by atoms with Gasteiger partial charge in [0.05, 0.1) is 0 Å². The second kappa shape index (κ2) is 9.20. The molecule has 2 saturated heterocycles. The van der Waals surface area contributed by atoms with Gasteiger partial charge < -0.3 is 9.80 Å². The molecule has 0 saturated carbocycles. The van der Waals surface area contributed by atoms with Gasteiger partial charge in [-0.1, -0.05) is 37.3 Å². The van der Waals surface area contributed by atoms with Crippen molar-refractivity contribution in [3.63, 3.8) is 0 Å². The van der Waals surface area contributed by atoms with Crippen molar-refractivity contribution in [2.75, 3.05) is 19.6 Å². The molecule has 0 aliphatic carbocycles. The van der Waals surface area contributed by atoms with Crippen LogP contribution < -0.4 is 0 Å². The van der Waals surface area contributed by atoms with Crippen LogP contribution in [0, 0.1) is 5.92 Å². The highest BCUT2D eigenvalue weighted by Crippen LogP contribution is 2.26. The minimum Gasteiger partial charge on any atom is -0.343 e. The minimum absolute atomic E-state index is 0.111. The molecule has 4 nitrogen and oxygen atoms in total. The number of hydrogen-bond donors (Lipinski definition) is 0. The van der Waals surface area contributed by atoms with E-state index in [9.17, 15) is 9.59 Å². The second-order valence-electron chi connectivity index (χ2n) is 7.73. The van der Waals surface area contributed by atoms with Gasteiger partial charge in [0.15, 0.2) is 0 Å². The summed E-state index contributed by atoms with van der Waals surface area (Å²) in [6, 6.07) is 10.6. The maximum atomic E-state index is 12.9.